The standard InChI is InChI=1S/C19H18BrCl2N3O3/c1-28-17-14(21)7-12(8-15(17)22)19(27)25-6-2-3-11(10-25)18(26)24-16-5-4-13(20)9-23-16/h4-5,7-9,11H,2-3,6,10H2,1H3,(H,23,24,26)/t11-/m1/s1. The number of rotatable bonds is 4. The van der Waals surface area contributed by atoms with Gasteiger partial charge in [0.15, 0.2) is 5.75 Å². The minimum absolute atomic E-state index is 0.155. The lowest BCUT2D eigenvalue weighted by Crippen LogP contribution is -2.43. The number of carbonyl (C=O) groups excluding carboxylic acids is 2. The lowest BCUT2D eigenvalue weighted by atomic mass is 9.96. The molecule has 2 aromatic rings. The second-order valence-electron chi connectivity index (χ2n) is 6.41. The van der Waals surface area contributed by atoms with Crippen molar-refractivity contribution in [3.63, 3.8) is 0 Å². The predicted octanol–water partition coefficient (Wildman–Crippen LogP) is 4.65. The molecule has 1 aromatic heterocycles. The molecule has 0 spiro atoms. The average Bonchev–Trinajstić information content (AvgIpc) is 2.69. The molecule has 0 saturated carbocycles. The van der Waals surface area contributed by atoms with Crippen molar-refractivity contribution in [3.8, 4) is 5.75 Å². The maximum atomic E-state index is 12.9. The Labute approximate surface area is 181 Å². The number of carbonyl (C=O) groups is 2. The lowest BCUT2D eigenvalue weighted by Gasteiger charge is -2.32. The van der Waals surface area contributed by atoms with Gasteiger partial charge in [-0.3, -0.25) is 9.59 Å². The van der Waals surface area contributed by atoms with E-state index in [4.69, 9.17) is 27.9 Å². The van der Waals surface area contributed by atoms with Crippen LogP contribution in [0, 0.1) is 5.92 Å². The van der Waals surface area contributed by atoms with Gasteiger partial charge in [-0.05, 0) is 53.0 Å². The molecule has 3 rings (SSSR count). The highest BCUT2D eigenvalue weighted by Gasteiger charge is 2.29. The number of anilines is 1. The fourth-order valence-electron chi connectivity index (χ4n) is 3.11. The number of aromatic nitrogens is 1. The van der Waals surface area contributed by atoms with E-state index in [0.29, 0.717) is 36.6 Å². The highest BCUT2D eigenvalue weighted by Crippen LogP contribution is 2.34. The van der Waals surface area contributed by atoms with Crippen molar-refractivity contribution in [2.24, 2.45) is 5.92 Å². The number of nitrogens with zero attached hydrogens (tertiary/aromatic N) is 2. The summed E-state index contributed by atoms with van der Waals surface area (Å²) in [5.41, 5.74) is 0.367. The van der Waals surface area contributed by atoms with E-state index < -0.39 is 0 Å². The molecule has 28 heavy (non-hydrogen) atoms. The maximum absolute atomic E-state index is 12.9. The summed E-state index contributed by atoms with van der Waals surface area (Å²) in [5.74, 6) is 0.124. The molecule has 1 aliphatic rings. The van der Waals surface area contributed by atoms with Crippen LogP contribution in [0.15, 0.2) is 34.9 Å². The molecule has 0 aliphatic carbocycles. The Balaban J connectivity index is 1.69. The van der Waals surface area contributed by atoms with Crippen molar-refractivity contribution in [3.05, 3.63) is 50.5 Å². The third-order valence-electron chi connectivity index (χ3n) is 4.51. The van der Waals surface area contributed by atoms with Crippen LogP contribution in [0.4, 0.5) is 5.82 Å². The number of methoxy groups -OCH3 is 1. The molecule has 9 heteroatoms. The average molecular weight is 487 g/mol. The van der Waals surface area contributed by atoms with Crippen molar-refractivity contribution in [2.75, 3.05) is 25.5 Å². The zero-order valence-corrected chi connectivity index (χ0v) is 18.1. The first-order valence-electron chi connectivity index (χ1n) is 8.63. The summed E-state index contributed by atoms with van der Waals surface area (Å²) >= 11 is 15.6. The van der Waals surface area contributed by atoms with Crippen molar-refractivity contribution >= 4 is 56.8 Å². The SMILES string of the molecule is COc1c(Cl)cc(C(=O)N2CCC[C@@H](C(=O)Nc3ccc(Br)cn3)C2)cc1Cl. The fourth-order valence-corrected chi connectivity index (χ4v) is 3.99. The number of amides is 2. The topological polar surface area (TPSA) is 71.5 Å². The predicted molar refractivity (Wildman–Crippen MR) is 112 cm³/mol. The van der Waals surface area contributed by atoms with E-state index in [1.54, 1.807) is 23.2 Å². The van der Waals surface area contributed by atoms with Crippen LogP contribution in [0.25, 0.3) is 0 Å². The Kier molecular flexibility index (Phi) is 6.80. The highest BCUT2D eigenvalue weighted by atomic mass is 79.9. The third-order valence-corrected chi connectivity index (χ3v) is 5.54. The molecule has 1 aromatic carbocycles. The zero-order chi connectivity index (χ0) is 20.3. The van der Waals surface area contributed by atoms with Gasteiger partial charge in [-0.25, -0.2) is 4.98 Å². The number of nitrogens with one attached hydrogen (secondary N) is 1. The number of hydrogen-bond acceptors (Lipinski definition) is 4. The van der Waals surface area contributed by atoms with Gasteiger partial charge in [-0.15, -0.1) is 0 Å². The molecule has 2 amide bonds. The first-order chi connectivity index (χ1) is 13.4. The highest BCUT2D eigenvalue weighted by molar-refractivity contribution is 9.10. The number of ether oxygens (including phenoxy) is 1. The molecule has 0 radical (unpaired) electrons. The number of halogens is 3. The first-order valence-corrected chi connectivity index (χ1v) is 10.2. The van der Waals surface area contributed by atoms with Crippen LogP contribution in [-0.4, -0.2) is 41.9 Å². The quantitative estimate of drug-likeness (QED) is 0.682. The summed E-state index contributed by atoms with van der Waals surface area (Å²) in [6, 6.07) is 6.58. The van der Waals surface area contributed by atoms with Crippen LogP contribution in [0.1, 0.15) is 23.2 Å². The van der Waals surface area contributed by atoms with Gasteiger partial charge in [0, 0.05) is 29.3 Å². The molecule has 1 saturated heterocycles. The van der Waals surface area contributed by atoms with Crippen molar-refractivity contribution in [1.29, 1.82) is 0 Å². The first kappa shape index (κ1) is 20.9. The minimum Gasteiger partial charge on any atom is -0.494 e. The summed E-state index contributed by atoms with van der Waals surface area (Å²) in [6.07, 6.45) is 3.05. The molecule has 1 fully saturated rings. The largest absolute Gasteiger partial charge is 0.494 e. The van der Waals surface area contributed by atoms with E-state index in [9.17, 15) is 9.59 Å². The molecule has 0 bridgehead atoms. The summed E-state index contributed by atoms with van der Waals surface area (Å²) in [6.45, 7) is 0.892. The van der Waals surface area contributed by atoms with Gasteiger partial charge >= 0.3 is 0 Å². The van der Waals surface area contributed by atoms with Gasteiger partial charge in [0.25, 0.3) is 5.91 Å². The summed E-state index contributed by atoms with van der Waals surface area (Å²) < 4.78 is 5.95. The number of benzene rings is 1. The van der Waals surface area contributed by atoms with Crippen LogP contribution < -0.4 is 10.1 Å². The van der Waals surface area contributed by atoms with Gasteiger partial charge in [-0.1, -0.05) is 23.2 Å². The molecule has 1 aliphatic heterocycles. The van der Waals surface area contributed by atoms with Crippen molar-refractivity contribution in [1.82, 2.24) is 9.88 Å². The molecular formula is C19H18BrCl2N3O3. The monoisotopic (exact) mass is 485 g/mol. The van der Waals surface area contributed by atoms with Crippen LogP contribution in [-0.2, 0) is 4.79 Å². The van der Waals surface area contributed by atoms with Crippen LogP contribution in [0.5, 0.6) is 5.75 Å². The molecule has 148 valence electrons. The summed E-state index contributed by atoms with van der Waals surface area (Å²) in [4.78, 5) is 31.3. The number of hydrogen-bond donors (Lipinski definition) is 1. The molecule has 6 nitrogen and oxygen atoms in total. The zero-order valence-electron chi connectivity index (χ0n) is 15.0. The smallest absolute Gasteiger partial charge is 0.253 e. The van der Waals surface area contributed by atoms with Gasteiger partial charge in [0.1, 0.15) is 5.82 Å². The Hall–Kier alpha value is -1.83. The van der Waals surface area contributed by atoms with Crippen LogP contribution >= 0.6 is 39.1 Å². The van der Waals surface area contributed by atoms with E-state index in [1.807, 2.05) is 0 Å². The molecule has 1 N–H and O–H groups in total. The van der Waals surface area contributed by atoms with E-state index in [1.165, 1.54) is 19.2 Å². The van der Waals surface area contributed by atoms with Gasteiger partial charge in [-0.2, -0.15) is 0 Å². The molecular weight excluding hydrogens is 469 g/mol. The third kappa shape index (κ3) is 4.77. The Morgan fingerprint density at radius 1 is 1.29 bits per heavy atom. The lowest BCUT2D eigenvalue weighted by molar-refractivity contribution is -0.121. The van der Waals surface area contributed by atoms with Crippen molar-refractivity contribution < 1.29 is 14.3 Å². The Morgan fingerprint density at radius 2 is 2.00 bits per heavy atom. The number of likely N-dealkylation sites (tertiary alicyclic amines) is 1. The fraction of sp³-hybridized carbons (Fsp3) is 0.316. The Morgan fingerprint density at radius 3 is 2.61 bits per heavy atom. The van der Waals surface area contributed by atoms with E-state index in [2.05, 4.69) is 26.2 Å². The molecule has 1 atom stereocenters. The van der Waals surface area contributed by atoms with Crippen LogP contribution in [0.2, 0.25) is 10.0 Å². The second kappa shape index (κ2) is 9.11. The Bertz CT molecular complexity index is 869. The maximum Gasteiger partial charge on any atom is 0.253 e. The van der Waals surface area contributed by atoms with Gasteiger partial charge < -0.3 is 15.0 Å². The molecule has 0 unspecified atom stereocenters. The van der Waals surface area contributed by atoms with Crippen molar-refractivity contribution in [2.45, 2.75) is 12.8 Å². The summed E-state index contributed by atoms with van der Waals surface area (Å²) in [7, 11) is 1.46. The number of pyridine rings is 1. The van der Waals surface area contributed by atoms with E-state index >= 15 is 0 Å². The summed E-state index contributed by atoms with van der Waals surface area (Å²) in [5, 5.41) is 3.34. The minimum atomic E-state index is -0.313. The van der Waals surface area contributed by atoms with E-state index in [0.717, 1.165) is 10.9 Å². The normalized spacial score (nSPS) is 16.6. The van der Waals surface area contributed by atoms with Crippen LogP contribution in [0.3, 0.4) is 0 Å². The number of piperidine rings is 1. The molecule has 2 heterocycles. The van der Waals surface area contributed by atoms with Gasteiger partial charge in [0.2, 0.25) is 5.91 Å². The van der Waals surface area contributed by atoms with E-state index in [-0.39, 0.29) is 27.8 Å². The van der Waals surface area contributed by atoms with Gasteiger partial charge in [0.05, 0.1) is 23.1 Å². The second-order valence-corrected chi connectivity index (χ2v) is 8.14.